The van der Waals surface area contributed by atoms with Gasteiger partial charge in [0.2, 0.25) is 5.71 Å². The minimum atomic E-state index is -3.67. The highest BCUT2D eigenvalue weighted by atomic mass is 35.5. The molecule has 1 atom stereocenters. The number of halogens is 5. The lowest BCUT2D eigenvalue weighted by Gasteiger charge is -2.24. The summed E-state index contributed by atoms with van der Waals surface area (Å²) < 4.78 is 30.9. The highest BCUT2D eigenvalue weighted by Gasteiger charge is 2.22. The van der Waals surface area contributed by atoms with Crippen molar-refractivity contribution in [2.75, 3.05) is 52.1 Å². The van der Waals surface area contributed by atoms with E-state index in [-0.39, 0.29) is 10.6 Å². The smallest absolute Gasteiger partial charge is 0.762 e. The molecule has 4 aromatic carbocycles. The van der Waals surface area contributed by atoms with Crippen molar-refractivity contribution in [1.29, 1.82) is 0 Å². The summed E-state index contributed by atoms with van der Waals surface area (Å²) in [7, 11) is 8.54. The fourth-order valence-corrected chi connectivity index (χ4v) is 6.64. The van der Waals surface area contributed by atoms with Crippen molar-refractivity contribution in [2.24, 2.45) is 16.1 Å². The summed E-state index contributed by atoms with van der Waals surface area (Å²) in [5.41, 5.74) is 12.3. The largest absolute Gasteiger partial charge is 1.00 e. The van der Waals surface area contributed by atoms with Gasteiger partial charge in [-0.2, -0.15) is 5.10 Å². The third kappa shape index (κ3) is 14.5. The van der Waals surface area contributed by atoms with Gasteiger partial charge in [-0.05, 0) is 109 Å². The highest BCUT2D eigenvalue weighted by Crippen LogP contribution is 2.37. The molecule has 1 unspecified atom stereocenters. The predicted octanol–water partition coefficient (Wildman–Crippen LogP) is 8.03. The molecule has 0 saturated carbocycles. The molecule has 0 fully saturated rings. The van der Waals surface area contributed by atoms with Crippen molar-refractivity contribution in [1.82, 2.24) is 5.01 Å². The van der Waals surface area contributed by atoms with Crippen molar-refractivity contribution in [3.05, 3.63) is 159 Å². The molecule has 0 aromatic heterocycles. The first-order valence-corrected chi connectivity index (χ1v) is 19.4. The van der Waals surface area contributed by atoms with Crippen LogP contribution in [-0.4, -0.2) is 77.7 Å². The number of benzene rings is 4. The normalized spacial score (nSPS) is 14.9. The van der Waals surface area contributed by atoms with Gasteiger partial charge >= 0.3 is 7.54 Å². The zero-order valence-electron chi connectivity index (χ0n) is 34.7. The van der Waals surface area contributed by atoms with E-state index < -0.39 is 7.54 Å². The number of hydrazone groups is 2. The van der Waals surface area contributed by atoms with Crippen LogP contribution in [0.4, 0.5) is 24.3 Å². The Morgan fingerprint density at radius 1 is 0.759 bits per heavy atom. The number of hydrogen-bond donors (Lipinski definition) is 0. The standard InChI is InChI=1S/C46H54ClN6.BF3.FH/c1-34-12-20-38(21-13-34)44(52(7)48-32-36-16-26-42(27-17-36)50(3)4)30-24-40-10-9-11-41(46(40)47)25-31-45(39-22-14-35(2)15-23-39)53(8)49-33-37-18-28-43(29-19-37)51(5)6;2-1(3)4;/h12-24,26-33,41H,9-11,25H2,1-8H3;;1H/q+1;;/p-1. The van der Waals surface area contributed by atoms with Crippen LogP contribution in [0.5, 0.6) is 0 Å². The van der Waals surface area contributed by atoms with Crippen LogP contribution in [-0.2, 0) is 0 Å². The molecule has 1 aliphatic rings. The lowest BCUT2D eigenvalue weighted by atomic mass is 9.87. The van der Waals surface area contributed by atoms with Crippen LogP contribution in [0.2, 0.25) is 0 Å². The van der Waals surface area contributed by atoms with Crippen LogP contribution in [0.3, 0.4) is 0 Å². The lowest BCUT2D eigenvalue weighted by Crippen LogP contribution is -3.00. The lowest BCUT2D eigenvalue weighted by molar-refractivity contribution is -0.500. The van der Waals surface area contributed by atoms with E-state index in [4.69, 9.17) is 21.8 Å². The van der Waals surface area contributed by atoms with Gasteiger partial charge in [0.05, 0.1) is 11.9 Å². The van der Waals surface area contributed by atoms with E-state index in [1.165, 1.54) is 16.7 Å². The second kappa shape index (κ2) is 23.1. The Balaban J connectivity index is 0.00000172. The number of nitrogens with zero attached hydrogens (tertiary/aromatic N) is 6. The Morgan fingerprint density at radius 3 is 1.74 bits per heavy atom. The van der Waals surface area contributed by atoms with E-state index in [9.17, 15) is 12.9 Å². The molecule has 6 nitrogen and oxygen atoms in total. The average molecular weight is 813 g/mol. The Bertz CT molecular complexity index is 2070. The minimum Gasteiger partial charge on any atom is -1.00 e. The third-order valence-electron chi connectivity index (χ3n) is 9.67. The van der Waals surface area contributed by atoms with Gasteiger partial charge in [-0.25, -0.2) is 0 Å². The molecular weight excluding hydrogens is 759 g/mol. The van der Waals surface area contributed by atoms with Gasteiger partial charge in [-0.3, -0.25) is 18.0 Å². The summed E-state index contributed by atoms with van der Waals surface area (Å²) in [5, 5.41) is 12.6. The zero-order chi connectivity index (χ0) is 41.5. The summed E-state index contributed by atoms with van der Waals surface area (Å²) in [6, 6.07) is 34.1. The maximum Gasteiger partial charge on any atom is 0.762 e. The van der Waals surface area contributed by atoms with Gasteiger partial charge in [-0.15, -0.1) is 0 Å². The molecule has 0 saturated heterocycles. The second-order valence-electron chi connectivity index (χ2n) is 14.5. The van der Waals surface area contributed by atoms with Crippen molar-refractivity contribution < 1.29 is 22.3 Å². The molecule has 0 heterocycles. The van der Waals surface area contributed by atoms with Crippen LogP contribution in [0.15, 0.2) is 136 Å². The molecule has 0 N–H and O–H groups in total. The molecule has 0 spiro atoms. The number of aryl methyl sites for hydroxylation is 2. The second-order valence-corrected chi connectivity index (χ2v) is 14.9. The average Bonchev–Trinajstić information content (AvgIpc) is 3.18. The van der Waals surface area contributed by atoms with Crippen LogP contribution in [0.1, 0.15) is 59.1 Å². The predicted molar refractivity (Wildman–Crippen MR) is 238 cm³/mol. The summed E-state index contributed by atoms with van der Waals surface area (Å²) in [6.07, 6.45) is 14.4. The van der Waals surface area contributed by atoms with Crippen LogP contribution in [0, 0.1) is 19.8 Å². The van der Waals surface area contributed by atoms with Gasteiger partial charge < -0.3 is 14.5 Å². The molecule has 306 valence electrons. The molecule has 0 aliphatic heterocycles. The summed E-state index contributed by atoms with van der Waals surface area (Å²) >= 11 is 7.26. The first-order valence-electron chi connectivity index (χ1n) is 19.0. The van der Waals surface area contributed by atoms with E-state index in [0.717, 1.165) is 75.8 Å². The van der Waals surface area contributed by atoms with Crippen LogP contribution >= 0.6 is 11.6 Å². The monoisotopic (exact) mass is 812 g/mol. The zero-order valence-corrected chi connectivity index (χ0v) is 35.4. The minimum absolute atomic E-state index is 0. The Kier molecular flexibility index (Phi) is 18.7. The maximum absolute atomic E-state index is 9.67. The molecule has 58 heavy (non-hydrogen) atoms. The van der Waals surface area contributed by atoms with Gasteiger partial charge in [-0.1, -0.05) is 100 Å². The fraction of sp³-hybridized carbons (Fsp3) is 0.283. The molecule has 0 radical (unpaired) electrons. The molecule has 4 aromatic rings. The van der Waals surface area contributed by atoms with Gasteiger partial charge in [0.25, 0.3) is 0 Å². The quantitative estimate of drug-likeness (QED) is 0.0452. The van der Waals surface area contributed by atoms with Crippen molar-refractivity contribution >= 4 is 54.4 Å². The molecule has 0 amide bonds. The topological polar surface area (TPSA) is 37.5 Å². The SMILES string of the molecule is Cc1ccc(C(=CCC2CCCC(C=CC(c3ccc(C)cc3)=[N+](C)N=Cc3ccc(N(C)C)cc3)=C2Cl)N(C)N=Cc2ccc(N(C)C)cc2)cc1.FB(F)F.[F-]. The fourth-order valence-electron chi connectivity index (χ4n) is 6.29. The molecule has 5 rings (SSSR count). The van der Waals surface area contributed by atoms with Crippen molar-refractivity contribution in [2.45, 2.75) is 39.5 Å². The Hall–Kier alpha value is -5.42. The number of rotatable bonds is 13. The van der Waals surface area contributed by atoms with Crippen LogP contribution in [0.25, 0.3) is 5.70 Å². The van der Waals surface area contributed by atoms with Gasteiger partial charge in [0.15, 0.2) is 7.05 Å². The third-order valence-corrected chi connectivity index (χ3v) is 10.2. The Morgan fingerprint density at radius 2 is 1.24 bits per heavy atom. The summed E-state index contributed by atoms with van der Waals surface area (Å²) in [5.74, 6) is 0.227. The Labute approximate surface area is 347 Å². The molecule has 0 bridgehead atoms. The van der Waals surface area contributed by atoms with E-state index in [2.05, 4.69) is 139 Å². The van der Waals surface area contributed by atoms with Crippen LogP contribution < -0.4 is 14.5 Å². The van der Waals surface area contributed by atoms with Gasteiger partial charge in [0.1, 0.15) is 6.21 Å². The maximum atomic E-state index is 9.67. The molecule has 12 heteroatoms. The number of allylic oxidation sites excluding steroid dienone is 5. The summed E-state index contributed by atoms with van der Waals surface area (Å²) in [6.45, 7) is 4.22. The highest BCUT2D eigenvalue weighted by molar-refractivity contribution is 6.33. The van der Waals surface area contributed by atoms with Crippen molar-refractivity contribution in [3.8, 4) is 0 Å². The molecule has 1 aliphatic carbocycles. The van der Waals surface area contributed by atoms with E-state index in [0.29, 0.717) is 0 Å². The van der Waals surface area contributed by atoms with Crippen molar-refractivity contribution in [3.63, 3.8) is 0 Å². The molecular formula is C46H54BClF4N6. The number of anilines is 2. The first-order chi connectivity index (χ1) is 27.2. The summed E-state index contributed by atoms with van der Waals surface area (Å²) in [4.78, 5) is 4.19. The first kappa shape index (κ1) is 47.0. The van der Waals surface area contributed by atoms with Gasteiger partial charge in [0, 0.05) is 63.3 Å². The van der Waals surface area contributed by atoms with E-state index in [1.807, 2.05) is 64.4 Å². The number of hydrogen-bond acceptors (Lipinski definition) is 5. The van der Waals surface area contributed by atoms with E-state index >= 15 is 0 Å². The van der Waals surface area contributed by atoms with E-state index in [1.54, 1.807) is 0 Å².